The average molecular weight is 485 g/mol. The maximum atomic E-state index is 12.7. The van der Waals surface area contributed by atoms with E-state index in [0.29, 0.717) is 12.0 Å². The lowest BCUT2D eigenvalue weighted by molar-refractivity contribution is -0.119. The Morgan fingerprint density at radius 3 is 2.56 bits per heavy atom. The number of hydrogen-bond donors (Lipinski definition) is 2. The maximum Gasteiger partial charge on any atom is 0.249 e. The van der Waals surface area contributed by atoms with E-state index in [4.69, 9.17) is 4.98 Å². The van der Waals surface area contributed by atoms with Gasteiger partial charge in [-0.05, 0) is 70.0 Å². The van der Waals surface area contributed by atoms with Crippen molar-refractivity contribution in [3.8, 4) is 11.3 Å². The van der Waals surface area contributed by atoms with Crippen LogP contribution in [0.25, 0.3) is 11.3 Å². The van der Waals surface area contributed by atoms with Crippen molar-refractivity contribution in [2.45, 2.75) is 71.0 Å². The molecule has 2 N–H and O–H groups in total. The van der Waals surface area contributed by atoms with Crippen LogP contribution in [0, 0.1) is 0 Å². The third-order valence-electron chi connectivity index (χ3n) is 7.32. The van der Waals surface area contributed by atoms with Crippen LogP contribution in [-0.4, -0.2) is 41.0 Å². The maximum absolute atomic E-state index is 12.7. The number of anilines is 5. The summed E-state index contributed by atoms with van der Waals surface area (Å²) < 4.78 is 0. The molecule has 7 nitrogen and oxygen atoms in total. The molecule has 1 atom stereocenters. The molecule has 3 aromatic rings. The minimum Gasteiger partial charge on any atom is -0.382 e. The number of nitrogens with one attached hydrogen (secondary N) is 2. The van der Waals surface area contributed by atoms with Gasteiger partial charge in [0.05, 0.1) is 17.1 Å². The second-order valence-corrected chi connectivity index (χ2v) is 10.2. The zero-order chi connectivity index (χ0) is 25.2. The van der Waals surface area contributed by atoms with Gasteiger partial charge in [0.1, 0.15) is 6.04 Å². The van der Waals surface area contributed by atoms with Gasteiger partial charge in [0, 0.05) is 42.3 Å². The standard InChI is InChI=1S/C29H36N6O/c1-19(2)35-20(3)28(36)34(4)26-14-13-24(18-27(26)35)32-29-30-16-15-25(33-29)21-9-8-12-23(17-21)31-22-10-6-5-7-11-22/h8-9,12-20,22,31H,5-7,10-11H2,1-4H3,(H,30,32,33)/t20-/m1/s1. The number of benzene rings is 2. The normalized spacial score (nSPS) is 18.4. The molecule has 2 heterocycles. The number of carbonyl (C=O) groups excluding carboxylic acids is 1. The first-order chi connectivity index (χ1) is 17.4. The van der Waals surface area contributed by atoms with Gasteiger partial charge >= 0.3 is 0 Å². The van der Waals surface area contributed by atoms with E-state index < -0.39 is 0 Å². The highest BCUT2D eigenvalue weighted by Gasteiger charge is 2.35. The predicted octanol–water partition coefficient (Wildman–Crippen LogP) is 6.21. The Balaban J connectivity index is 1.38. The lowest BCUT2D eigenvalue weighted by Gasteiger charge is -2.42. The van der Waals surface area contributed by atoms with Gasteiger partial charge in [-0.3, -0.25) is 4.79 Å². The zero-order valence-corrected chi connectivity index (χ0v) is 21.7. The van der Waals surface area contributed by atoms with E-state index in [2.05, 4.69) is 64.7 Å². The molecule has 7 heteroatoms. The Bertz CT molecular complexity index is 1240. The topological polar surface area (TPSA) is 73.4 Å². The van der Waals surface area contributed by atoms with Gasteiger partial charge in [-0.15, -0.1) is 0 Å². The summed E-state index contributed by atoms with van der Waals surface area (Å²) in [4.78, 5) is 25.9. The van der Waals surface area contributed by atoms with Crippen molar-refractivity contribution in [3.63, 3.8) is 0 Å². The van der Waals surface area contributed by atoms with Gasteiger partial charge in [0.15, 0.2) is 0 Å². The van der Waals surface area contributed by atoms with E-state index in [1.807, 2.05) is 32.2 Å². The molecular weight excluding hydrogens is 448 g/mol. The second-order valence-electron chi connectivity index (χ2n) is 10.2. The van der Waals surface area contributed by atoms with Gasteiger partial charge in [-0.1, -0.05) is 31.4 Å². The molecule has 0 unspecified atom stereocenters. The number of fused-ring (bicyclic) bond motifs is 1. The Morgan fingerprint density at radius 1 is 0.972 bits per heavy atom. The van der Waals surface area contributed by atoms with Crippen LogP contribution in [0.5, 0.6) is 0 Å². The number of rotatable bonds is 6. The van der Waals surface area contributed by atoms with Crippen LogP contribution in [0.3, 0.4) is 0 Å². The molecule has 1 aliphatic heterocycles. The lowest BCUT2D eigenvalue weighted by atomic mass is 9.95. The van der Waals surface area contributed by atoms with E-state index in [-0.39, 0.29) is 18.0 Å². The highest BCUT2D eigenvalue weighted by molar-refractivity contribution is 6.05. The molecule has 0 radical (unpaired) electrons. The summed E-state index contributed by atoms with van der Waals surface area (Å²) in [5, 5.41) is 7.08. The highest BCUT2D eigenvalue weighted by Crippen LogP contribution is 2.39. The van der Waals surface area contributed by atoms with E-state index in [0.717, 1.165) is 34.0 Å². The summed E-state index contributed by atoms with van der Waals surface area (Å²) in [6.07, 6.45) is 8.23. The summed E-state index contributed by atoms with van der Waals surface area (Å²) in [5.41, 5.74) is 5.91. The Kier molecular flexibility index (Phi) is 6.81. The third-order valence-corrected chi connectivity index (χ3v) is 7.32. The fourth-order valence-electron chi connectivity index (χ4n) is 5.50. The SMILES string of the molecule is CC(C)N1c2cc(Nc3nccc(-c4cccc(NC5CCCCC5)c4)n3)ccc2N(C)C(=O)[C@H]1C. The van der Waals surface area contributed by atoms with E-state index in [9.17, 15) is 4.79 Å². The smallest absolute Gasteiger partial charge is 0.249 e. The zero-order valence-electron chi connectivity index (χ0n) is 21.7. The summed E-state index contributed by atoms with van der Waals surface area (Å²) in [7, 11) is 1.84. The molecule has 188 valence electrons. The molecule has 2 aliphatic rings. The van der Waals surface area contributed by atoms with Gasteiger partial charge in [0.25, 0.3) is 0 Å². The van der Waals surface area contributed by atoms with Crippen LogP contribution in [0.1, 0.15) is 52.9 Å². The number of nitrogens with zero attached hydrogens (tertiary/aromatic N) is 4. The van der Waals surface area contributed by atoms with Crippen molar-refractivity contribution in [1.82, 2.24) is 9.97 Å². The predicted molar refractivity (Wildman–Crippen MR) is 148 cm³/mol. The van der Waals surface area contributed by atoms with Gasteiger partial charge in [-0.25, -0.2) is 9.97 Å². The van der Waals surface area contributed by atoms with E-state index >= 15 is 0 Å². The van der Waals surface area contributed by atoms with Crippen LogP contribution in [-0.2, 0) is 4.79 Å². The number of carbonyl (C=O) groups is 1. The summed E-state index contributed by atoms with van der Waals surface area (Å²) in [6, 6.07) is 17.0. The van der Waals surface area contributed by atoms with Crippen molar-refractivity contribution in [1.29, 1.82) is 0 Å². The summed E-state index contributed by atoms with van der Waals surface area (Å²) in [5.74, 6) is 0.649. The number of aromatic nitrogens is 2. The van der Waals surface area contributed by atoms with Gasteiger partial charge < -0.3 is 20.4 Å². The Hall–Kier alpha value is -3.61. The van der Waals surface area contributed by atoms with Crippen LogP contribution < -0.4 is 20.4 Å². The first-order valence-corrected chi connectivity index (χ1v) is 13.1. The highest BCUT2D eigenvalue weighted by atomic mass is 16.2. The van der Waals surface area contributed by atoms with Crippen LogP contribution in [0.2, 0.25) is 0 Å². The van der Waals surface area contributed by atoms with Crippen molar-refractivity contribution >= 4 is 34.6 Å². The molecule has 1 aromatic heterocycles. The fourth-order valence-corrected chi connectivity index (χ4v) is 5.50. The molecular formula is C29H36N6O. The van der Waals surface area contributed by atoms with Crippen molar-refractivity contribution in [3.05, 3.63) is 54.7 Å². The molecule has 2 aromatic carbocycles. The molecule has 0 saturated heterocycles. The molecule has 1 amide bonds. The Labute approximate surface area is 213 Å². The first-order valence-electron chi connectivity index (χ1n) is 13.1. The Morgan fingerprint density at radius 2 is 1.78 bits per heavy atom. The molecule has 1 fully saturated rings. The van der Waals surface area contributed by atoms with Crippen LogP contribution in [0.4, 0.5) is 28.7 Å². The number of likely N-dealkylation sites (N-methyl/N-ethyl adjacent to an activating group) is 1. The average Bonchev–Trinajstić information content (AvgIpc) is 2.88. The second kappa shape index (κ2) is 10.2. The summed E-state index contributed by atoms with van der Waals surface area (Å²) >= 11 is 0. The fraction of sp³-hybridized carbons (Fsp3) is 0.414. The van der Waals surface area contributed by atoms with Crippen molar-refractivity contribution in [2.75, 3.05) is 27.5 Å². The van der Waals surface area contributed by atoms with Crippen LogP contribution in [0.15, 0.2) is 54.7 Å². The van der Waals surface area contributed by atoms with E-state index in [1.54, 1.807) is 11.1 Å². The van der Waals surface area contributed by atoms with E-state index in [1.165, 1.54) is 32.1 Å². The van der Waals surface area contributed by atoms with Crippen LogP contribution >= 0.6 is 0 Å². The number of amides is 1. The molecule has 5 rings (SSSR count). The minimum absolute atomic E-state index is 0.105. The van der Waals surface area contributed by atoms with Gasteiger partial charge in [-0.2, -0.15) is 0 Å². The van der Waals surface area contributed by atoms with Crippen molar-refractivity contribution in [2.24, 2.45) is 0 Å². The first kappa shape index (κ1) is 24.1. The minimum atomic E-state index is -0.216. The molecule has 1 aliphatic carbocycles. The largest absolute Gasteiger partial charge is 0.382 e. The third kappa shape index (κ3) is 4.87. The lowest BCUT2D eigenvalue weighted by Crippen LogP contribution is -2.53. The number of hydrogen-bond acceptors (Lipinski definition) is 6. The summed E-state index contributed by atoms with van der Waals surface area (Å²) in [6.45, 7) is 6.19. The van der Waals surface area contributed by atoms with Gasteiger partial charge in [0.2, 0.25) is 11.9 Å². The van der Waals surface area contributed by atoms with Crippen molar-refractivity contribution < 1.29 is 4.79 Å². The monoisotopic (exact) mass is 484 g/mol. The molecule has 0 bridgehead atoms. The molecule has 36 heavy (non-hydrogen) atoms. The quantitative estimate of drug-likeness (QED) is 0.433. The molecule has 1 saturated carbocycles. The molecule has 0 spiro atoms.